The molecule has 7 heteroatoms. The topological polar surface area (TPSA) is 61.4 Å². The van der Waals surface area contributed by atoms with Gasteiger partial charge in [0.15, 0.2) is 5.16 Å². The Morgan fingerprint density at radius 2 is 1.95 bits per heavy atom. The van der Waals surface area contributed by atoms with Gasteiger partial charge in [-0.25, -0.2) is 0 Å². The van der Waals surface area contributed by atoms with Crippen LogP contribution in [0.4, 0.5) is 0 Å². The van der Waals surface area contributed by atoms with E-state index in [0.29, 0.717) is 17.4 Å². The molecule has 0 saturated heterocycles. The van der Waals surface area contributed by atoms with Crippen LogP contribution in [-0.2, 0) is 0 Å². The molecule has 0 fully saturated rings. The summed E-state index contributed by atoms with van der Waals surface area (Å²) in [5, 5.41) is 8.64. The van der Waals surface area contributed by atoms with Crippen LogP contribution in [0.3, 0.4) is 0 Å². The lowest BCUT2D eigenvalue weighted by molar-refractivity contribution is 0.340. The predicted octanol–water partition coefficient (Wildman–Crippen LogP) is 2.00. The van der Waals surface area contributed by atoms with Crippen LogP contribution in [0, 0.1) is 0 Å². The first-order valence-electron chi connectivity index (χ1n) is 6.48. The van der Waals surface area contributed by atoms with Gasteiger partial charge in [0.2, 0.25) is 5.65 Å². The van der Waals surface area contributed by atoms with Crippen molar-refractivity contribution in [1.29, 1.82) is 0 Å². The number of hydrogen-bond donors (Lipinski definition) is 0. The molecule has 0 unspecified atom stereocenters. The summed E-state index contributed by atoms with van der Waals surface area (Å²) in [5.74, 6) is 0.780. The minimum Gasteiger partial charge on any atom is -0.494 e. The summed E-state index contributed by atoms with van der Waals surface area (Å²) >= 11 is 1.45. The molecule has 3 rings (SSSR count). The molecule has 0 bridgehead atoms. The summed E-state index contributed by atoms with van der Waals surface area (Å²) < 4.78 is 8.64. The van der Waals surface area contributed by atoms with Crippen LogP contribution in [0.1, 0.15) is 6.92 Å². The van der Waals surface area contributed by atoms with Gasteiger partial charge in [0.05, 0.1) is 6.61 Å². The highest BCUT2D eigenvalue weighted by molar-refractivity contribution is 7.98. The highest BCUT2D eigenvalue weighted by Crippen LogP contribution is 2.15. The van der Waals surface area contributed by atoms with Crippen molar-refractivity contribution < 1.29 is 4.74 Å². The molecular formula is C14H14N4O2S. The fraction of sp³-hybridized carbons (Fsp3) is 0.214. The smallest absolute Gasteiger partial charge is 0.300 e. The third kappa shape index (κ3) is 2.40. The van der Waals surface area contributed by atoms with E-state index >= 15 is 0 Å². The Balaban J connectivity index is 2.08. The second-order valence-electron chi connectivity index (χ2n) is 4.28. The summed E-state index contributed by atoms with van der Waals surface area (Å²) in [4.78, 5) is 12.5. The lowest BCUT2D eigenvalue weighted by Crippen LogP contribution is -2.20. The summed E-state index contributed by atoms with van der Waals surface area (Å²) in [7, 11) is 0. The van der Waals surface area contributed by atoms with E-state index in [1.54, 1.807) is 21.4 Å². The fourth-order valence-electron chi connectivity index (χ4n) is 2.08. The van der Waals surface area contributed by atoms with Crippen molar-refractivity contribution in [2.75, 3.05) is 12.9 Å². The van der Waals surface area contributed by atoms with Crippen LogP contribution in [0.2, 0.25) is 0 Å². The van der Waals surface area contributed by atoms with Crippen LogP contribution in [-0.4, -0.2) is 32.0 Å². The molecule has 0 saturated carbocycles. The quantitative estimate of drug-likeness (QED) is 0.690. The molecule has 0 radical (unpaired) electrons. The lowest BCUT2D eigenvalue weighted by atomic mass is 10.3. The molecule has 2 aromatic heterocycles. The van der Waals surface area contributed by atoms with Gasteiger partial charge in [0.1, 0.15) is 5.75 Å². The molecule has 0 spiro atoms. The maximum Gasteiger partial charge on any atom is 0.300 e. The first-order valence-corrected chi connectivity index (χ1v) is 7.70. The van der Waals surface area contributed by atoms with Crippen LogP contribution < -0.4 is 10.3 Å². The predicted molar refractivity (Wildman–Crippen MR) is 81.5 cm³/mol. The van der Waals surface area contributed by atoms with Gasteiger partial charge in [-0.3, -0.25) is 13.8 Å². The fourth-order valence-corrected chi connectivity index (χ4v) is 2.54. The summed E-state index contributed by atoms with van der Waals surface area (Å²) in [6.45, 7) is 2.55. The number of aromatic nitrogens is 4. The van der Waals surface area contributed by atoms with E-state index in [4.69, 9.17) is 4.74 Å². The maximum atomic E-state index is 12.5. The van der Waals surface area contributed by atoms with E-state index < -0.39 is 0 Å². The maximum absolute atomic E-state index is 12.5. The normalized spacial score (nSPS) is 11.0. The van der Waals surface area contributed by atoms with E-state index in [9.17, 15) is 4.79 Å². The van der Waals surface area contributed by atoms with Gasteiger partial charge in [0.25, 0.3) is 0 Å². The average molecular weight is 302 g/mol. The number of fused-ring (bicyclic) bond motifs is 1. The SMILES string of the molecule is CCOc1ccc(-n2ccn3c(SC)nnc3c2=O)cc1. The number of thioether (sulfide) groups is 1. The van der Waals surface area contributed by atoms with Gasteiger partial charge >= 0.3 is 5.56 Å². The second kappa shape index (κ2) is 5.61. The van der Waals surface area contributed by atoms with Crippen molar-refractivity contribution in [2.24, 2.45) is 0 Å². The monoisotopic (exact) mass is 302 g/mol. The molecule has 0 aliphatic heterocycles. The number of hydrogen-bond acceptors (Lipinski definition) is 5. The molecule has 2 heterocycles. The van der Waals surface area contributed by atoms with Crippen molar-refractivity contribution in [2.45, 2.75) is 12.1 Å². The molecule has 0 aliphatic rings. The van der Waals surface area contributed by atoms with Gasteiger partial charge in [-0.1, -0.05) is 11.8 Å². The van der Waals surface area contributed by atoms with Gasteiger partial charge in [0, 0.05) is 18.1 Å². The molecule has 0 aliphatic carbocycles. The molecule has 21 heavy (non-hydrogen) atoms. The van der Waals surface area contributed by atoms with E-state index in [1.807, 2.05) is 37.4 Å². The van der Waals surface area contributed by atoms with Crippen molar-refractivity contribution >= 4 is 17.4 Å². The first kappa shape index (κ1) is 13.7. The van der Waals surface area contributed by atoms with Crippen molar-refractivity contribution in [1.82, 2.24) is 19.2 Å². The minimum absolute atomic E-state index is 0.200. The zero-order valence-corrected chi connectivity index (χ0v) is 12.5. The Labute approximate surface area is 125 Å². The van der Waals surface area contributed by atoms with Gasteiger partial charge in [-0.2, -0.15) is 0 Å². The van der Waals surface area contributed by atoms with E-state index in [1.165, 1.54) is 11.8 Å². The Morgan fingerprint density at radius 1 is 1.19 bits per heavy atom. The molecule has 1 aromatic carbocycles. The number of nitrogens with zero attached hydrogens (tertiary/aromatic N) is 4. The highest BCUT2D eigenvalue weighted by atomic mass is 32.2. The Kier molecular flexibility index (Phi) is 3.66. The van der Waals surface area contributed by atoms with Crippen LogP contribution in [0.15, 0.2) is 46.6 Å². The summed E-state index contributed by atoms with van der Waals surface area (Å²) in [6.07, 6.45) is 5.40. The van der Waals surface area contributed by atoms with Crippen molar-refractivity contribution in [3.8, 4) is 11.4 Å². The zero-order chi connectivity index (χ0) is 14.8. The van der Waals surface area contributed by atoms with E-state index in [2.05, 4.69) is 10.2 Å². The molecule has 6 nitrogen and oxygen atoms in total. The Hall–Kier alpha value is -2.28. The summed E-state index contributed by atoms with van der Waals surface area (Å²) in [6, 6.07) is 7.36. The summed E-state index contributed by atoms with van der Waals surface area (Å²) in [5.41, 5.74) is 0.879. The largest absolute Gasteiger partial charge is 0.494 e. The first-order chi connectivity index (χ1) is 10.2. The van der Waals surface area contributed by atoms with Crippen LogP contribution in [0.5, 0.6) is 5.75 Å². The standard InChI is InChI=1S/C14H14N4O2S/c1-3-20-11-6-4-10(5-7-11)17-8-9-18-12(13(17)19)15-16-14(18)21-2/h4-9H,3H2,1-2H3. The lowest BCUT2D eigenvalue weighted by Gasteiger charge is -2.08. The minimum atomic E-state index is -0.200. The van der Waals surface area contributed by atoms with Crippen LogP contribution in [0.25, 0.3) is 11.3 Å². The number of rotatable bonds is 4. The zero-order valence-electron chi connectivity index (χ0n) is 11.7. The van der Waals surface area contributed by atoms with Crippen LogP contribution >= 0.6 is 11.8 Å². The molecule has 108 valence electrons. The third-order valence-electron chi connectivity index (χ3n) is 3.05. The molecule has 0 amide bonds. The molecular weight excluding hydrogens is 288 g/mol. The van der Waals surface area contributed by atoms with E-state index in [0.717, 1.165) is 11.4 Å². The number of benzene rings is 1. The van der Waals surface area contributed by atoms with E-state index in [-0.39, 0.29) is 5.56 Å². The Morgan fingerprint density at radius 3 is 2.62 bits per heavy atom. The third-order valence-corrected chi connectivity index (χ3v) is 3.69. The van der Waals surface area contributed by atoms with Gasteiger partial charge in [-0.15, -0.1) is 10.2 Å². The average Bonchev–Trinajstić information content (AvgIpc) is 2.93. The van der Waals surface area contributed by atoms with Crippen molar-refractivity contribution in [3.63, 3.8) is 0 Å². The van der Waals surface area contributed by atoms with Crippen molar-refractivity contribution in [3.05, 3.63) is 47.0 Å². The van der Waals surface area contributed by atoms with Gasteiger partial charge in [-0.05, 0) is 37.4 Å². The number of ether oxygens (including phenoxy) is 1. The molecule has 0 atom stereocenters. The second-order valence-corrected chi connectivity index (χ2v) is 5.05. The highest BCUT2D eigenvalue weighted by Gasteiger charge is 2.10. The molecule has 0 N–H and O–H groups in total. The van der Waals surface area contributed by atoms with Gasteiger partial charge < -0.3 is 4.74 Å². The Bertz CT molecular complexity index is 823. The molecule has 3 aromatic rings.